The van der Waals surface area contributed by atoms with Crippen LogP contribution < -0.4 is 60.0 Å². The Labute approximate surface area is 290 Å². The van der Waals surface area contributed by atoms with Crippen LogP contribution in [0.25, 0.3) is 0 Å². The molecule has 272 valence electrons. The van der Waals surface area contributed by atoms with Crippen molar-refractivity contribution in [2.75, 3.05) is 19.6 Å². The molecule has 0 saturated heterocycles. The summed E-state index contributed by atoms with van der Waals surface area (Å²) in [6.45, 7) is 2.76. The molecule has 0 aliphatic carbocycles. The van der Waals surface area contributed by atoms with Crippen molar-refractivity contribution in [3.63, 3.8) is 0 Å². The number of nitrogens with zero attached hydrogens (tertiary/aromatic N) is 1. The molecular weight excluding hydrogens is 694 g/mol. The molecular formula is C26H46N10O11Zn-4. The summed E-state index contributed by atoms with van der Waals surface area (Å²) in [5.74, 6) is -5.50. The number of nitrogens with two attached hydrogens (primary N) is 4. The molecule has 21 nitrogen and oxygen atoms in total. The summed E-state index contributed by atoms with van der Waals surface area (Å²) in [6.07, 6.45) is 0.999. The van der Waals surface area contributed by atoms with Gasteiger partial charge in [0.25, 0.3) is 0 Å². The smallest absolute Gasteiger partial charge is 0.326 e. The first-order valence-corrected chi connectivity index (χ1v) is 14.7. The van der Waals surface area contributed by atoms with Crippen LogP contribution in [0.15, 0.2) is 4.99 Å². The van der Waals surface area contributed by atoms with E-state index >= 15 is 0 Å². The first-order valence-electron chi connectivity index (χ1n) is 14.7. The summed E-state index contributed by atoms with van der Waals surface area (Å²) in [5, 5.41) is 41.6. The molecule has 5 atom stereocenters. The summed E-state index contributed by atoms with van der Waals surface area (Å²) in [4.78, 5) is 85.8. The molecule has 48 heavy (non-hydrogen) atoms. The quantitative estimate of drug-likeness (QED) is 0.00750. The Bertz CT molecular complexity index is 1040. The van der Waals surface area contributed by atoms with Crippen LogP contribution in [0.2, 0.25) is 0 Å². The van der Waals surface area contributed by atoms with E-state index in [-0.39, 0.29) is 64.1 Å². The van der Waals surface area contributed by atoms with Crippen molar-refractivity contribution in [3.8, 4) is 0 Å². The molecule has 0 spiro atoms. The molecule has 5 unspecified atom stereocenters. The number of aliphatic carboxylic acids is 1. The second-order valence-electron chi connectivity index (χ2n) is 10.2. The molecule has 22 heteroatoms. The van der Waals surface area contributed by atoms with Crippen molar-refractivity contribution < 1.29 is 73.6 Å². The van der Waals surface area contributed by atoms with Gasteiger partial charge < -0.3 is 74.9 Å². The molecule has 0 heterocycles. The maximum absolute atomic E-state index is 12.9. The van der Waals surface area contributed by atoms with E-state index in [1.54, 1.807) is 0 Å². The van der Waals surface area contributed by atoms with Crippen LogP contribution in [0.3, 0.4) is 0 Å². The van der Waals surface area contributed by atoms with Gasteiger partial charge in [-0.05, 0) is 52.0 Å². The van der Waals surface area contributed by atoms with Crippen LogP contribution in [0.5, 0.6) is 0 Å². The molecule has 0 aromatic rings. The van der Waals surface area contributed by atoms with E-state index in [1.165, 1.54) is 6.92 Å². The third kappa shape index (κ3) is 21.4. The van der Waals surface area contributed by atoms with Gasteiger partial charge in [0.1, 0.15) is 18.1 Å². The number of guanidine groups is 1. The van der Waals surface area contributed by atoms with Crippen molar-refractivity contribution in [3.05, 3.63) is 13.2 Å². The summed E-state index contributed by atoms with van der Waals surface area (Å²) in [7, 11) is 0. The van der Waals surface area contributed by atoms with Gasteiger partial charge in [0.2, 0.25) is 29.5 Å². The van der Waals surface area contributed by atoms with Crippen LogP contribution in [0.1, 0.15) is 58.3 Å². The van der Waals surface area contributed by atoms with E-state index in [1.807, 2.05) is 0 Å². The Morgan fingerprint density at radius 2 is 1.46 bits per heavy atom. The molecule has 0 aromatic carbocycles. The zero-order valence-electron chi connectivity index (χ0n) is 26.8. The van der Waals surface area contributed by atoms with E-state index in [4.69, 9.17) is 22.9 Å². The minimum atomic E-state index is -1.37. The molecule has 0 bridgehead atoms. The number of hydrogen-bond donors (Lipinski definition) is 10. The Morgan fingerprint density at radius 3 is 2.04 bits per heavy atom. The molecule has 0 aliphatic heterocycles. The van der Waals surface area contributed by atoms with Crippen LogP contribution >= 0.6 is 0 Å². The SMILES string of the molecule is CC(NC(=O)C(C[CH-]O[O-])NC(=O)C(N)CCCN=C(N)N)C(=O)NC(CCCCN)C(=O)NCC(=O)NC(CC[CH-]O[O-])C(=O)O.[Zn]. The number of carboxylic acid groups (broad SMARTS) is 1. The van der Waals surface area contributed by atoms with E-state index < -0.39 is 72.3 Å². The average Bonchev–Trinajstić information content (AvgIpc) is 3.02. The minimum Gasteiger partial charge on any atom is -0.759 e. The maximum atomic E-state index is 12.9. The van der Waals surface area contributed by atoms with Gasteiger partial charge in [-0.25, -0.2) is 18.0 Å². The third-order valence-corrected chi connectivity index (χ3v) is 6.37. The van der Waals surface area contributed by atoms with Crippen molar-refractivity contribution in [1.82, 2.24) is 26.6 Å². The largest absolute Gasteiger partial charge is 0.759 e. The van der Waals surface area contributed by atoms with Crippen LogP contribution in [-0.4, -0.2) is 96.4 Å². The third-order valence-electron chi connectivity index (χ3n) is 6.37. The monoisotopic (exact) mass is 738 g/mol. The van der Waals surface area contributed by atoms with Gasteiger partial charge in [-0.1, -0.05) is 0 Å². The fourth-order valence-electron chi connectivity index (χ4n) is 3.81. The molecule has 14 N–H and O–H groups in total. The fourth-order valence-corrected chi connectivity index (χ4v) is 3.81. The standard InChI is InChI=1S/C26H48N10O11.Zn/c1-15(33-24(41)18(9-13-47-45)36-22(39)16(28)6-4-11-31-26(29)30)21(38)35-17(7-2-3-10-27)23(40)32-14-20(37)34-19(25(42)43)8-5-12-46-44;/h12-13,15-19,44-45H,2-11,14,27-28H2,1H3,(H,32,40)(H,33,41)(H,34,37)(H,35,38)(H,36,39)(H,42,43)(H4,29,30,31);/q-2;/p-2. The molecule has 0 saturated carbocycles. The predicted molar refractivity (Wildman–Crippen MR) is 159 cm³/mol. The van der Waals surface area contributed by atoms with Crippen LogP contribution in [0, 0.1) is 13.2 Å². The van der Waals surface area contributed by atoms with Crippen LogP contribution in [-0.2, 0) is 58.0 Å². The average molecular weight is 740 g/mol. The van der Waals surface area contributed by atoms with Gasteiger partial charge in [0.05, 0.1) is 18.6 Å². The summed E-state index contributed by atoms with van der Waals surface area (Å²) < 4.78 is 0. The van der Waals surface area contributed by atoms with E-state index in [9.17, 15) is 44.4 Å². The maximum Gasteiger partial charge on any atom is 0.326 e. The Kier molecular flexibility index (Phi) is 26.6. The molecule has 0 radical (unpaired) electrons. The van der Waals surface area contributed by atoms with Gasteiger partial charge in [0.15, 0.2) is 5.96 Å². The first-order chi connectivity index (χ1) is 22.3. The van der Waals surface area contributed by atoms with E-state index in [2.05, 4.69) is 41.4 Å². The minimum absolute atomic E-state index is 0. The predicted octanol–water partition coefficient (Wildman–Crippen LogP) is -6.27. The number of carboxylic acids is 1. The molecule has 5 amide bonds. The summed E-state index contributed by atoms with van der Waals surface area (Å²) >= 11 is 0. The van der Waals surface area contributed by atoms with Crippen molar-refractivity contribution in [2.24, 2.45) is 27.9 Å². The molecule has 0 aliphatic rings. The normalized spacial score (nSPS) is 13.7. The zero-order chi connectivity index (χ0) is 35.8. The second-order valence-corrected chi connectivity index (χ2v) is 10.2. The molecule has 0 aromatic heterocycles. The van der Waals surface area contributed by atoms with Gasteiger partial charge in [-0.15, -0.1) is 6.42 Å². The Balaban J connectivity index is 0. The second kappa shape index (κ2) is 27.4. The topological polar surface area (TPSA) is 364 Å². The summed E-state index contributed by atoms with van der Waals surface area (Å²) in [5.41, 5.74) is 21.9. The van der Waals surface area contributed by atoms with Gasteiger partial charge in [-0.2, -0.15) is 6.42 Å². The number of rotatable bonds is 26. The molecule has 0 rings (SSSR count). The van der Waals surface area contributed by atoms with Crippen molar-refractivity contribution in [2.45, 2.75) is 88.5 Å². The number of hydrogen-bond acceptors (Lipinski definition) is 13. The van der Waals surface area contributed by atoms with E-state index in [0.29, 0.717) is 25.8 Å². The number of unbranched alkanes of at least 4 members (excludes halogenated alkanes) is 1. The van der Waals surface area contributed by atoms with Gasteiger partial charge in [0, 0.05) is 26.0 Å². The zero-order valence-corrected chi connectivity index (χ0v) is 29.8. The van der Waals surface area contributed by atoms with E-state index in [0.717, 1.165) is 13.2 Å². The number of carbonyl (C=O) groups is 6. The van der Waals surface area contributed by atoms with Crippen LogP contribution in [0.4, 0.5) is 0 Å². The summed E-state index contributed by atoms with van der Waals surface area (Å²) in [6, 6.07) is -6.17. The molecule has 0 fully saturated rings. The number of aliphatic imine (C=N–C) groups is 1. The fraction of sp³-hybridized carbons (Fsp3) is 0.654. The Morgan fingerprint density at radius 1 is 0.812 bits per heavy atom. The number of carbonyl (C=O) groups excluding carboxylic acids is 5. The number of nitrogens with one attached hydrogen (secondary N) is 5. The van der Waals surface area contributed by atoms with Gasteiger partial charge in [-0.3, -0.25) is 29.0 Å². The van der Waals surface area contributed by atoms with Crippen molar-refractivity contribution >= 4 is 41.5 Å². The van der Waals surface area contributed by atoms with Gasteiger partial charge >= 0.3 is 5.97 Å². The van der Waals surface area contributed by atoms with Crippen molar-refractivity contribution in [1.29, 1.82) is 0 Å². The number of amides is 5. The Hall–Kier alpha value is -3.53. The first kappa shape index (κ1) is 46.6.